The van der Waals surface area contributed by atoms with Gasteiger partial charge in [0.15, 0.2) is 0 Å². The number of benzene rings is 3. The Morgan fingerprint density at radius 3 is 2.53 bits per heavy atom. The third kappa shape index (κ3) is 4.84. The molecule has 0 spiro atoms. The van der Waals surface area contributed by atoms with Crippen molar-refractivity contribution in [3.8, 4) is 5.75 Å². The van der Waals surface area contributed by atoms with Gasteiger partial charge in [-0.3, -0.25) is 4.31 Å². The van der Waals surface area contributed by atoms with E-state index < -0.39 is 38.5 Å². The van der Waals surface area contributed by atoms with Gasteiger partial charge in [-0.15, -0.1) is 0 Å². The van der Waals surface area contributed by atoms with Crippen molar-refractivity contribution >= 4 is 27.3 Å². The Balaban J connectivity index is 1.69. The second-order valence-corrected chi connectivity index (χ2v) is 10.1. The Hall–Kier alpha value is -2.82. The highest BCUT2D eigenvalue weighted by atomic mass is 35.5. The fraction of sp³-hybridized carbons (Fsp3) is 0.217. The number of nitrogens with zero attached hydrogens (tertiary/aromatic N) is 1. The second-order valence-electron chi connectivity index (χ2n) is 7.81. The van der Waals surface area contributed by atoms with Crippen LogP contribution in [0.3, 0.4) is 0 Å². The topological polar surface area (TPSA) is 72.6 Å². The lowest BCUT2D eigenvalue weighted by Gasteiger charge is -2.34. The molecule has 1 aliphatic rings. The highest BCUT2D eigenvalue weighted by Gasteiger charge is 2.35. The van der Waals surface area contributed by atoms with Gasteiger partial charge in [0, 0.05) is 24.2 Å². The first-order valence-corrected chi connectivity index (χ1v) is 11.9. The maximum Gasteiger partial charge on any atom is 0.416 e. The first kappa shape index (κ1) is 24.3. The summed E-state index contributed by atoms with van der Waals surface area (Å²) in [5.41, 5.74) is 5.93. The zero-order valence-corrected chi connectivity index (χ0v) is 19.1. The van der Waals surface area contributed by atoms with Gasteiger partial charge in [-0.25, -0.2) is 12.8 Å². The van der Waals surface area contributed by atoms with Crippen LogP contribution in [-0.2, 0) is 29.2 Å². The number of fused-ring (bicyclic) bond motifs is 1. The number of halogens is 5. The molecule has 3 aromatic rings. The minimum atomic E-state index is -4.70. The number of nitrogens with two attached hydrogens (primary N) is 1. The van der Waals surface area contributed by atoms with Crippen LogP contribution in [0.25, 0.3) is 0 Å². The summed E-state index contributed by atoms with van der Waals surface area (Å²) in [5, 5.41) is 0.178. The molecule has 0 amide bonds. The molecule has 0 fully saturated rings. The Labute approximate surface area is 198 Å². The molecule has 0 aliphatic carbocycles. The zero-order valence-electron chi connectivity index (χ0n) is 17.5. The van der Waals surface area contributed by atoms with Gasteiger partial charge in [-0.05, 0) is 48.4 Å². The third-order valence-corrected chi connectivity index (χ3v) is 7.53. The van der Waals surface area contributed by atoms with Gasteiger partial charge in [-0.1, -0.05) is 29.8 Å². The summed E-state index contributed by atoms with van der Waals surface area (Å²) >= 11 is 6.02. The lowest BCUT2D eigenvalue weighted by Crippen LogP contribution is -2.46. The summed E-state index contributed by atoms with van der Waals surface area (Å²) in [6.45, 7) is -0.335. The number of sulfonamides is 1. The molecule has 5 nitrogen and oxygen atoms in total. The van der Waals surface area contributed by atoms with Gasteiger partial charge < -0.3 is 10.5 Å². The van der Waals surface area contributed by atoms with Crippen LogP contribution in [0, 0.1) is 5.82 Å². The molecule has 180 valence electrons. The largest absolute Gasteiger partial charge is 0.489 e. The lowest BCUT2D eigenvalue weighted by molar-refractivity contribution is -0.137. The Morgan fingerprint density at radius 1 is 1.09 bits per heavy atom. The average Bonchev–Trinajstić information content (AvgIpc) is 2.78. The van der Waals surface area contributed by atoms with E-state index in [2.05, 4.69) is 0 Å². The smallest absolute Gasteiger partial charge is 0.416 e. The predicted octanol–water partition coefficient (Wildman–Crippen LogP) is 5.16. The van der Waals surface area contributed by atoms with Gasteiger partial charge in [0.1, 0.15) is 18.2 Å². The molecule has 3 aromatic carbocycles. The SMILES string of the molecule is N[C@@H]1Cc2ccc(OCc3c(F)cccc3Cl)cc2N(S(=O)(=O)c2cccc(C(F)(F)F)c2)C1. The zero-order chi connectivity index (χ0) is 24.7. The van der Waals surface area contributed by atoms with E-state index in [9.17, 15) is 26.0 Å². The Morgan fingerprint density at radius 2 is 1.82 bits per heavy atom. The third-order valence-electron chi connectivity index (χ3n) is 5.40. The summed E-state index contributed by atoms with van der Waals surface area (Å²) in [6.07, 6.45) is -4.33. The number of rotatable bonds is 5. The Kier molecular flexibility index (Phi) is 6.50. The van der Waals surface area contributed by atoms with Gasteiger partial charge in [-0.2, -0.15) is 13.2 Å². The average molecular weight is 515 g/mol. The van der Waals surface area contributed by atoms with Crippen LogP contribution in [0.15, 0.2) is 65.6 Å². The van der Waals surface area contributed by atoms with E-state index in [0.717, 1.165) is 22.5 Å². The van der Waals surface area contributed by atoms with Crippen molar-refractivity contribution in [1.82, 2.24) is 0 Å². The molecule has 0 saturated heterocycles. The number of hydrogen-bond donors (Lipinski definition) is 1. The monoisotopic (exact) mass is 514 g/mol. The van der Waals surface area contributed by atoms with Crippen molar-refractivity contribution < 1.29 is 30.7 Å². The number of hydrogen-bond acceptors (Lipinski definition) is 4. The standard InChI is InChI=1S/C23H19ClF4N2O3S/c24-20-5-2-6-21(25)19(20)13-33-17-8-7-14-9-16(29)12-30(22(14)11-17)34(31,32)18-4-1-3-15(10-18)23(26,27)28/h1-8,10-11,16H,9,12-13,29H2/t16-/m1/s1. The summed E-state index contributed by atoms with van der Waals surface area (Å²) in [7, 11) is -4.37. The van der Waals surface area contributed by atoms with Crippen molar-refractivity contribution in [3.63, 3.8) is 0 Å². The highest BCUT2D eigenvalue weighted by Crippen LogP contribution is 2.37. The van der Waals surface area contributed by atoms with E-state index in [0.29, 0.717) is 18.1 Å². The van der Waals surface area contributed by atoms with Gasteiger partial charge >= 0.3 is 6.18 Å². The molecule has 0 aromatic heterocycles. The number of anilines is 1. The van der Waals surface area contributed by atoms with Crippen molar-refractivity contribution in [2.24, 2.45) is 5.73 Å². The quantitative estimate of drug-likeness (QED) is 0.478. The van der Waals surface area contributed by atoms with E-state index in [1.165, 1.54) is 24.3 Å². The van der Waals surface area contributed by atoms with E-state index in [-0.39, 0.29) is 35.2 Å². The van der Waals surface area contributed by atoms with E-state index in [4.69, 9.17) is 22.1 Å². The number of ether oxygens (including phenoxy) is 1. The molecule has 11 heteroatoms. The summed E-state index contributed by atoms with van der Waals surface area (Å²) in [6, 6.07) is 11.8. The first-order chi connectivity index (χ1) is 16.0. The fourth-order valence-electron chi connectivity index (χ4n) is 3.71. The molecular formula is C23H19ClF4N2O3S. The molecule has 4 rings (SSSR count). The van der Waals surface area contributed by atoms with Crippen molar-refractivity contribution in [2.45, 2.75) is 30.1 Å². The molecule has 0 saturated carbocycles. The summed E-state index contributed by atoms with van der Waals surface area (Å²) in [4.78, 5) is -0.508. The number of alkyl halides is 3. The van der Waals surface area contributed by atoms with Crippen LogP contribution in [0.1, 0.15) is 16.7 Å². The molecule has 0 radical (unpaired) electrons. The van der Waals surface area contributed by atoms with Crippen LogP contribution in [0.5, 0.6) is 5.75 Å². The minimum Gasteiger partial charge on any atom is -0.489 e. The van der Waals surface area contributed by atoms with E-state index in [1.807, 2.05) is 0 Å². The van der Waals surface area contributed by atoms with Crippen molar-refractivity contribution in [2.75, 3.05) is 10.8 Å². The van der Waals surface area contributed by atoms with Crippen LogP contribution < -0.4 is 14.8 Å². The Bertz CT molecular complexity index is 1310. The van der Waals surface area contributed by atoms with E-state index >= 15 is 0 Å². The molecule has 1 atom stereocenters. The maximum absolute atomic E-state index is 14.0. The van der Waals surface area contributed by atoms with Gasteiger partial charge in [0.2, 0.25) is 0 Å². The molecule has 1 heterocycles. The second kappa shape index (κ2) is 9.09. The summed E-state index contributed by atoms with van der Waals surface area (Å²) in [5.74, 6) is -0.317. The van der Waals surface area contributed by atoms with Crippen LogP contribution in [0.2, 0.25) is 5.02 Å². The molecule has 0 bridgehead atoms. The first-order valence-electron chi connectivity index (χ1n) is 10.1. The van der Waals surface area contributed by atoms with Crippen molar-refractivity contribution in [3.05, 3.63) is 88.2 Å². The van der Waals surface area contributed by atoms with Gasteiger partial charge in [0.25, 0.3) is 10.0 Å². The van der Waals surface area contributed by atoms with E-state index in [1.54, 1.807) is 12.1 Å². The van der Waals surface area contributed by atoms with Crippen LogP contribution >= 0.6 is 11.6 Å². The molecule has 2 N–H and O–H groups in total. The minimum absolute atomic E-state index is 0.131. The van der Waals surface area contributed by atoms with Crippen LogP contribution in [0.4, 0.5) is 23.2 Å². The normalized spacial score (nSPS) is 16.3. The molecule has 1 aliphatic heterocycles. The summed E-state index contributed by atoms with van der Waals surface area (Å²) < 4.78 is 86.8. The van der Waals surface area contributed by atoms with Crippen molar-refractivity contribution in [1.29, 1.82) is 0 Å². The van der Waals surface area contributed by atoms with Gasteiger partial charge in [0.05, 0.1) is 21.2 Å². The molecule has 34 heavy (non-hydrogen) atoms. The fourth-order valence-corrected chi connectivity index (χ4v) is 5.53. The molecule has 0 unspecified atom stereocenters. The predicted molar refractivity (Wildman–Crippen MR) is 120 cm³/mol. The lowest BCUT2D eigenvalue weighted by atomic mass is 10.00. The van der Waals surface area contributed by atoms with Crippen LogP contribution in [-0.4, -0.2) is 21.0 Å². The maximum atomic E-state index is 14.0. The highest BCUT2D eigenvalue weighted by molar-refractivity contribution is 7.92. The molecular weight excluding hydrogens is 496 g/mol.